The van der Waals surface area contributed by atoms with Crippen LogP contribution in [-0.2, 0) is 0 Å². The Morgan fingerprint density at radius 2 is 2.00 bits per heavy atom. The zero-order chi connectivity index (χ0) is 14.8. The van der Waals surface area contributed by atoms with E-state index in [9.17, 15) is 5.11 Å². The fourth-order valence-corrected chi connectivity index (χ4v) is 2.71. The Morgan fingerprint density at radius 1 is 1.19 bits per heavy atom. The summed E-state index contributed by atoms with van der Waals surface area (Å²) in [5.74, 6) is 2.09. The predicted octanol–water partition coefficient (Wildman–Crippen LogP) is 3.66. The topological polar surface area (TPSA) is 47.9 Å². The first kappa shape index (κ1) is 14.2. The van der Waals surface area contributed by atoms with Gasteiger partial charge in [0.2, 0.25) is 6.79 Å². The van der Waals surface area contributed by atoms with Crippen LogP contribution in [0.4, 0.5) is 0 Å². The minimum Gasteiger partial charge on any atom is -0.494 e. The van der Waals surface area contributed by atoms with Crippen LogP contribution >= 0.6 is 15.9 Å². The fraction of sp³-hybridized carbons (Fsp3) is 0.250. The van der Waals surface area contributed by atoms with E-state index in [1.165, 1.54) is 0 Å². The van der Waals surface area contributed by atoms with Crippen LogP contribution in [0.25, 0.3) is 0 Å². The third-order valence-corrected chi connectivity index (χ3v) is 4.01. The molecule has 0 amide bonds. The molecule has 0 aromatic heterocycles. The summed E-state index contributed by atoms with van der Waals surface area (Å²) >= 11 is 3.47. The third-order valence-electron chi connectivity index (χ3n) is 3.29. The quantitative estimate of drug-likeness (QED) is 0.913. The molecule has 4 nitrogen and oxygen atoms in total. The largest absolute Gasteiger partial charge is 0.494 e. The molecule has 2 aromatic rings. The van der Waals surface area contributed by atoms with Crippen LogP contribution in [0.15, 0.2) is 40.9 Å². The average molecular weight is 351 g/mol. The lowest BCUT2D eigenvalue weighted by Crippen LogP contribution is -2.02. The average Bonchev–Trinajstić information content (AvgIpc) is 2.96. The number of rotatable bonds is 4. The monoisotopic (exact) mass is 350 g/mol. The Bertz CT molecular complexity index is 657. The van der Waals surface area contributed by atoms with Gasteiger partial charge in [0.25, 0.3) is 0 Å². The Morgan fingerprint density at radius 3 is 2.81 bits per heavy atom. The Balaban J connectivity index is 1.94. The summed E-state index contributed by atoms with van der Waals surface area (Å²) in [5.41, 5.74) is 1.49. The zero-order valence-corrected chi connectivity index (χ0v) is 13.1. The molecule has 0 radical (unpaired) electrons. The zero-order valence-electron chi connectivity index (χ0n) is 11.5. The van der Waals surface area contributed by atoms with Gasteiger partial charge < -0.3 is 19.3 Å². The van der Waals surface area contributed by atoms with Crippen molar-refractivity contribution in [1.29, 1.82) is 0 Å². The summed E-state index contributed by atoms with van der Waals surface area (Å²) in [6, 6.07) is 11.0. The van der Waals surface area contributed by atoms with Crippen molar-refractivity contribution in [2.24, 2.45) is 0 Å². The van der Waals surface area contributed by atoms with E-state index in [1.807, 2.05) is 31.2 Å². The predicted molar refractivity (Wildman–Crippen MR) is 81.9 cm³/mol. The number of hydrogen-bond donors (Lipinski definition) is 1. The molecule has 1 N–H and O–H groups in total. The molecule has 0 bridgehead atoms. The Labute approximate surface area is 131 Å². The van der Waals surface area contributed by atoms with Crippen molar-refractivity contribution in [2.45, 2.75) is 13.0 Å². The lowest BCUT2D eigenvalue weighted by atomic mass is 10.0. The van der Waals surface area contributed by atoms with Crippen LogP contribution < -0.4 is 14.2 Å². The third kappa shape index (κ3) is 2.84. The normalized spacial score (nSPS) is 14.0. The van der Waals surface area contributed by atoms with Crippen LogP contribution in [0.3, 0.4) is 0 Å². The van der Waals surface area contributed by atoms with E-state index < -0.39 is 6.10 Å². The number of aliphatic hydroxyl groups excluding tert-OH is 1. The van der Waals surface area contributed by atoms with E-state index in [0.717, 1.165) is 21.3 Å². The van der Waals surface area contributed by atoms with E-state index in [4.69, 9.17) is 14.2 Å². The second-order valence-corrected chi connectivity index (χ2v) is 5.49. The van der Waals surface area contributed by atoms with Crippen LogP contribution in [0, 0.1) is 0 Å². The van der Waals surface area contributed by atoms with Crippen molar-refractivity contribution < 1.29 is 19.3 Å². The van der Waals surface area contributed by atoms with Gasteiger partial charge in [-0.2, -0.15) is 0 Å². The van der Waals surface area contributed by atoms with Gasteiger partial charge in [-0.3, -0.25) is 0 Å². The van der Waals surface area contributed by atoms with Gasteiger partial charge >= 0.3 is 0 Å². The molecule has 0 spiro atoms. The molecule has 21 heavy (non-hydrogen) atoms. The van der Waals surface area contributed by atoms with Gasteiger partial charge in [0, 0.05) is 10.0 Å². The first-order valence-corrected chi connectivity index (χ1v) is 7.48. The van der Waals surface area contributed by atoms with Crippen molar-refractivity contribution in [3.8, 4) is 17.2 Å². The van der Waals surface area contributed by atoms with Crippen molar-refractivity contribution in [3.63, 3.8) is 0 Å². The van der Waals surface area contributed by atoms with Gasteiger partial charge in [-0.05, 0) is 42.8 Å². The van der Waals surface area contributed by atoms with E-state index in [1.54, 1.807) is 12.1 Å². The molecule has 0 saturated heterocycles. The second kappa shape index (κ2) is 5.95. The number of hydrogen-bond acceptors (Lipinski definition) is 4. The maximum Gasteiger partial charge on any atom is 0.231 e. The molecule has 110 valence electrons. The minimum absolute atomic E-state index is 0.221. The standard InChI is InChI=1S/C16H15BrO4/c1-2-19-11-4-5-13(17)12(8-11)16(18)10-3-6-14-15(7-10)21-9-20-14/h3-8,16,18H,2,9H2,1H3. The first-order valence-electron chi connectivity index (χ1n) is 6.69. The molecule has 0 aliphatic carbocycles. The smallest absolute Gasteiger partial charge is 0.231 e. The summed E-state index contributed by atoms with van der Waals surface area (Å²) in [7, 11) is 0. The van der Waals surface area contributed by atoms with Crippen molar-refractivity contribution >= 4 is 15.9 Å². The van der Waals surface area contributed by atoms with Gasteiger partial charge in [0.05, 0.1) is 6.61 Å². The molecule has 1 aliphatic heterocycles. The number of fused-ring (bicyclic) bond motifs is 1. The highest BCUT2D eigenvalue weighted by Crippen LogP contribution is 2.37. The summed E-state index contributed by atoms with van der Waals surface area (Å²) in [6.07, 6.45) is -0.769. The van der Waals surface area contributed by atoms with Crippen LogP contribution in [0.1, 0.15) is 24.2 Å². The number of ether oxygens (including phenoxy) is 3. The fourth-order valence-electron chi connectivity index (χ4n) is 2.25. The van der Waals surface area contributed by atoms with Crippen molar-refractivity contribution in [2.75, 3.05) is 13.4 Å². The SMILES string of the molecule is CCOc1ccc(Br)c(C(O)c2ccc3c(c2)OCO3)c1. The lowest BCUT2D eigenvalue weighted by molar-refractivity contribution is 0.173. The summed E-state index contributed by atoms with van der Waals surface area (Å²) < 4.78 is 16.9. The van der Waals surface area contributed by atoms with E-state index in [0.29, 0.717) is 18.1 Å². The van der Waals surface area contributed by atoms with E-state index in [-0.39, 0.29) is 6.79 Å². The van der Waals surface area contributed by atoms with Crippen molar-refractivity contribution in [3.05, 3.63) is 52.0 Å². The number of aliphatic hydroxyl groups is 1. The summed E-state index contributed by atoms with van der Waals surface area (Å²) in [6.45, 7) is 2.73. The molecule has 3 rings (SSSR count). The van der Waals surface area contributed by atoms with Gasteiger partial charge in [0.1, 0.15) is 11.9 Å². The molecular formula is C16H15BrO4. The van der Waals surface area contributed by atoms with Crippen LogP contribution in [0.5, 0.6) is 17.2 Å². The molecule has 0 saturated carbocycles. The first-order chi connectivity index (χ1) is 10.2. The molecule has 1 aliphatic rings. The Hall–Kier alpha value is -1.72. The highest BCUT2D eigenvalue weighted by molar-refractivity contribution is 9.10. The van der Waals surface area contributed by atoms with Crippen LogP contribution in [-0.4, -0.2) is 18.5 Å². The second-order valence-electron chi connectivity index (χ2n) is 4.63. The number of benzene rings is 2. The highest BCUT2D eigenvalue weighted by atomic mass is 79.9. The highest BCUT2D eigenvalue weighted by Gasteiger charge is 2.19. The minimum atomic E-state index is -0.769. The van der Waals surface area contributed by atoms with Crippen LogP contribution in [0.2, 0.25) is 0 Å². The molecular weight excluding hydrogens is 336 g/mol. The van der Waals surface area contributed by atoms with E-state index >= 15 is 0 Å². The molecule has 5 heteroatoms. The van der Waals surface area contributed by atoms with Gasteiger partial charge in [-0.15, -0.1) is 0 Å². The molecule has 2 aromatic carbocycles. The molecule has 1 unspecified atom stereocenters. The van der Waals surface area contributed by atoms with E-state index in [2.05, 4.69) is 15.9 Å². The molecule has 0 fully saturated rings. The van der Waals surface area contributed by atoms with Gasteiger partial charge in [-0.1, -0.05) is 22.0 Å². The maximum absolute atomic E-state index is 10.6. The Kier molecular flexibility index (Phi) is 4.03. The maximum atomic E-state index is 10.6. The van der Waals surface area contributed by atoms with Gasteiger partial charge in [-0.25, -0.2) is 0 Å². The molecule has 1 atom stereocenters. The van der Waals surface area contributed by atoms with Crippen molar-refractivity contribution in [1.82, 2.24) is 0 Å². The summed E-state index contributed by atoms with van der Waals surface area (Å²) in [5, 5.41) is 10.6. The lowest BCUT2D eigenvalue weighted by Gasteiger charge is -2.15. The molecule has 1 heterocycles. The summed E-state index contributed by atoms with van der Waals surface area (Å²) in [4.78, 5) is 0. The number of halogens is 1. The van der Waals surface area contributed by atoms with Gasteiger partial charge in [0.15, 0.2) is 11.5 Å².